The van der Waals surface area contributed by atoms with E-state index in [0.717, 1.165) is 5.75 Å². The second-order valence-corrected chi connectivity index (χ2v) is 4.12. The lowest BCUT2D eigenvalue weighted by atomic mass is 9.91. The molecular formula is C13H20O3. The summed E-state index contributed by atoms with van der Waals surface area (Å²) >= 11 is 0. The van der Waals surface area contributed by atoms with Crippen LogP contribution in [0.1, 0.15) is 38.9 Å². The molecule has 2 unspecified atom stereocenters. The fraction of sp³-hybridized carbons (Fsp3) is 0.538. The zero-order valence-corrected chi connectivity index (χ0v) is 10.1. The van der Waals surface area contributed by atoms with E-state index in [1.807, 2.05) is 13.8 Å². The van der Waals surface area contributed by atoms with E-state index in [9.17, 15) is 10.2 Å². The van der Waals surface area contributed by atoms with Crippen LogP contribution in [0.2, 0.25) is 0 Å². The molecule has 90 valence electrons. The van der Waals surface area contributed by atoms with Gasteiger partial charge in [0.25, 0.3) is 0 Å². The van der Waals surface area contributed by atoms with Crippen LogP contribution in [0.15, 0.2) is 24.3 Å². The standard InChI is InChI=1S/C13H20O3/c1-4-13(3,15)12(14)10-6-8-11(9-7-10)16-5-2/h6-9,12,14-15H,4-5H2,1-3H3. The SMILES string of the molecule is CCOc1ccc(C(O)C(C)(O)CC)cc1. The average molecular weight is 224 g/mol. The number of aliphatic hydroxyl groups excluding tert-OH is 1. The summed E-state index contributed by atoms with van der Waals surface area (Å²) in [6.45, 7) is 6.02. The van der Waals surface area contributed by atoms with Crippen molar-refractivity contribution in [2.45, 2.75) is 38.9 Å². The third-order valence-corrected chi connectivity index (χ3v) is 2.81. The number of hydrogen-bond donors (Lipinski definition) is 2. The molecule has 0 saturated heterocycles. The van der Waals surface area contributed by atoms with Crippen LogP contribution < -0.4 is 4.74 Å². The lowest BCUT2D eigenvalue weighted by molar-refractivity contribution is -0.0658. The summed E-state index contributed by atoms with van der Waals surface area (Å²) in [7, 11) is 0. The lowest BCUT2D eigenvalue weighted by Crippen LogP contribution is -2.31. The molecule has 0 aliphatic carbocycles. The van der Waals surface area contributed by atoms with E-state index in [2.05, 4.69) is 0 Å². The first-order valence-electron chi connectivity index (χ1n) is 5.64. The van der Waals surface area contributed by atoms with Gasteiger partial charge in [-0.05, 0) is 38.0 Å². The van der Waals surface area contributed by atoms with Crippen molar-refractivity contribution in [2.24, 2.45) is 0 Å². The smallest absolute Gasteiger partial charge is 0.119 e. The molecule has 0 radical (unpaired) electrons. The Hall–Kier alpha value is -1.06. The van der Waals surface area contributed by atoms with Crippen molar-refractivity contribution in [2.75, 3.05) is 6.61 Å². The summed E-state index contributed by atoms with van der Waals surface area (Å²) in [6, 6.07) is 7.15. The second-order valence-electron chi connectivity index (χ2n) is 4.12. The van der Waals surface area contributed by atoms with Gasteiger partial charge in [0, 0.05) is 0 Å². The Morgan fingerprint density at radius 1 is 1.25 bits per heavy atom. The van der Waals surface area contributed by atoms with Crippen molar-refractivity contribution in [1.82, 2.24) is 0 Å². The Morgan fingerprint density at radius 3 is 2.25 bits per heavy atom. The van der Waals surface area contributed by atoms with Gasteiger partial charge in [0.1, 0.15) is 11.9 Å². The molecule has 3 heteroatoms. The summed E-state index contributed by atoms with van der Waals surface area (Å²) in [5.41, 5.74) is -0.386. The van der Waals surface area contributed by atoms with Gasteiger partial charge in [-0.2, -0.15) is 0 Å². The van der Waals surface area contributed by atoms with Crippen LogP contribution in [0.3, 0.4) is 0 Å². The van der Waals surface area contributed by atoms with Crippen molar-refractivity contribution < 1.29 is 14.9 Å². The molecule has 0 bridgehead atoms. The predicted octanol–water partition coefficient (Wildman–Crippen LogP) is 2.28. The van der Waals surface area contributed by atoms with Crippen LogP contribution in [0.4, 0.5) is 0 Å². The van der Waals surface area contributed by atoms with Gasteiger partial charge in [0.05, 0.1) is 12.2 Å². The Morgan fingerprint density at radius 2 is 1.81 bits per heavy atom. The molecule has 0 fully saturated rings. The summed E-state index contributed by atoms with van der Waals surface area (Å²) in [5, 5.41) is 19.9. The highest BCUT2D eigenvalue weighted by atomic mass is 16.5. The van der Waals surface area contributed by atoms with E-state index in [1.54, 1.807) is 31.2 Å². The van der Waals surface area contributed by atoms with Gasteiger partial charge >= 0.3 is 0 Å². The van der Waals surface area contributed by atoms with Gasteiger partial charge in [0.2, 0.25) is 0 Å². The van der Waals surface area contributed by atoms with Crippen LogP contribution >= 0.6 is 0 Å². The van der Waals surface area contributed by atoms with E-state index in [-0.39, 0.29) is 0 Å². The van der Waals surface area contributed by atoms with Gasteiger partial charge in [-0.15, -0.1) is 0 Å². The zero-order valence-electron chi connectivity index (χ0n) is 10.1. The van der Waals surface area contributed by atoms with Crippen molar-refractivity contribution in [3.05, 3.63) is 29.8 Å². The second kappa shape index (κ2) is 5.32. The molecular weight excluding hydrogens is 204 g/mol. The fourth-order valence-corrected chi connectivity index (χ4v) is 1.47. The van der Waals surface area contributed by atoms with Crippen molar-refractivity contribution >= 4 is 0 Å². The zero-order chi connectivity index (χ0) is 12.2. The van der Waals surface area contributed by atoms with Crippen molar-refractivity contribution in [1.29, 1.82) is 0 Å². The quantitative estimate of drug-likeness (QED) is 0.806. The first-order valence-corrected chi connectivity index (χ1v) is 5.64. The first kappa shape index (κ1) is 13.0. The lowest BCUT2D eigenvalue weighted by Gasteiger charge is -2.28. The number of benzene rings is 1. The molecule has 2 atom stereocenters. The van der Waals surface area contributed by atoms with E-state index in [1.165, 1.54) is 0 Å². The van der Waals surface area contributed by atoms with Crippen molar-refractivity contribution in [3.8, 4) is 5.75 Å². The predicted molar refractivity (Wildman–Crippen MR) is 63.5 cm³/mol. The van der Waals surface area contributed by atoms with Gasteiger partial charge in [-0.1, -0.05) is 19.1 Å². The van der Waals surface area contributed by atoms with Crippen LogP contribution in [-0.2, 0) is 0 Å². The largest absolute Gasteiger partial charge is 0.494 e. The van der Waals surface area contributed by atoms with E-state index < -0.39 is 11.7 Å². The van der Waals surface area contributed by atoms with Crippen molar-refractivity contribution in [3.63, 3.8) is 0 Å². The topological polar surface area (TPSA) is 49.7 Å². The van der Waals surface area contributed by atoms with Crippen LogP contribution in [-0.4, -0.2) is 22.4 Å². The molecule has 1 rings (SSSR count). The highest BCUT2D eigenvalue weighted by molar-refractivity contribution is 5.29. The van der Waals surface area contributed by atoms with Crippen LogP contribution in [0.5, 0.6) is 5.75 Å². The van der Waals surface area contributed by atoms with E-state index in [4.69, 9.17) is 4.74 Å². The highest BCUT2D eigenvalue weighted by Gasteiger charge is 2.29. The normalized spacial score (nSPS) is 16.6. The minimum Gasteiger partial charge on any atom is -0.494 e. The maximum absolute atomic E-state index is 9.98. The molecule has 0 saturated carbocycles. The third kappa shape index (κ3) is 2.97. The maximum Gasteiger partial charge on any atom is 0.119 e. The molecule has 1 aromatic carbocycles. The van der Waals surface area contributed by atoms with E-state index >= 15 is 0 Å². The summed E-state index contributed by atoms with van der Waals surface area (Å²) in [6.07, 6.45) is -0.366. The molecule has 2 N–H and O–H groups in total. The molecule has 0 heterocycles. The van der Waals surface area contributed by atoms with Gasteiger partial charge in [-0.3, -0.25) is 0 Å². The highest BCUT2D eigenvalue weighted by Crippen LogP contribution is 2.29. The molecule has 1 aromatic rings. The summed E-state index contributed by atoms with van der Waals surface area (Å²) in [4.78, 5) is 0. The summed E-state index contributed by atoms with van der Waals surface area (Å²) in [5.74, 6) is 0.773. The van der Waals surface area contributed by atoms with Crippen LogP contribution in [0.25, 0.3) is 0 Å². The third-order valence-electron chi connectivity index (χ3n) is 2.81. The Balaban J connectivity index is 2.81. The number of aliphatic hydroxyl groups is 2. The average Bonchev–Trinajstić information content (AvgIpc) is 2.29. The molecule has 0 aliphatic rings. The molecule has 0 amide bonds. The first-order chi connectivity index (χ1) is 7.51. The number of ether oxygens (including phenoxy) is 1. The monoisotopic (exact) mass is 224 g/mol. The molecule has 0 aliphatic heterocycles. The van der Waals surface area contributed by atoms with Gasteiger partial charge < -0.3 is 14.9 Å². The van der Waals surface area contributed by atoms with Crippen LogP contribution in [0, 0.1) is 0 Å². The Bertz CT molecular complexity index is 316. The Labute approximate surface area is 96.7 Å². The molecule has 0 aromatic heterocycles. The van der Waals surface area contributed by atoms with Gasteiger partial charge in [0.15, 0.2) is 0 Å². The summed E-state index contributed by atoms with van der Waals surface area (Å²) < 4.78 is 5.31. The minimum atomic E-state index is -1.09. The number of rotatable bonds is 5. The fourth-order valence-electron chi connectivity index (χ4n) is 1.47. The minimum absolute atomic E-state index is 0.501. The maximum atomic E-state index is 9.98. The van der Waals surface area contributed by atoms with E-state index in [0.29, 0.717) is 18.6 Å². The molecule has 0 spiro atoms. The molecule has 16 heavy (non-hydrogen) atoms. The van der Waals surface area contributed by atoms with Gasteiger partial charge in [-0.25, -0.2) is 0 Å². The Kier molecular flexibility index (Phi) is 4.33. The molecule has 3 nitrogen and oxygen atoms in total. The number of hydrogen-bond acceptors (Lipinski definition) is 3.